The fourth-order valence-corrected chi connectivity index (χ4v) is 3.16. The molecule has 0 aliphatic heterocycles. The second-order valence-electron chi connectivity index (χ2n) is 6.60. The predicted octanol–water partition coefficient (Wildman–Crippen LogP) is 3.42. The number of rotatable bonds is 5. The van der Waals surface area contributed by atoms with Crippen LogP contribution in [0.2, 0.25) is 0 Å². The largest absolute Gasteiger partial charge is 0.480 e. The van der Waals surface area contributed by atoms with Gasteiger partial charge in [-0.15, -0.1) is 0 Å². The minimum absolute atomic E-state index is 0.0913. The first-order valence-corrected chi connectivity index (χ1v) is 8.77. The summed E-state index contributed by atoms with van der Waals surface area (Å²) in [7, 11) is 0. The molecular weight excluding hydrogens is 380 g/mol. The molecule has 6 nitrogen and oxygen atoms in total. The first-order valence-electron chi connectivity index (χ1n) is 8.77. The molecule has 8 heteroatoms. The molecule has 1 heterocycles. The Morgan fingerprint density at radius 2 is 1.83 bits per heavy atom. The molecular formula is C21H15F2N3O3. The number of hydrogen-bond acceptors (Lipinski definition) is 3. The second-order valence-corrected chi connectivity index (χ2v) is 6.60. The van der Waals surface area contributed by atoms with Crippen molar-refractivity contribution in [2.45, 2.75) is 12.5 Å². The zero-order valence-corrected chi connectivity index (χ0v) is 14.9. The van der Waals surface area contributed by atoms with E-state index in [1.807, 2.05) is 24.3 Å². The number of carboxylic acids is 1. The van der Waals surface area contributed by atoms with Crippen LogP contribution in [0.25, 0.3) is 21.8 Å². The van der Waals surface area contributed by atoms with Gasteiger partial charge in [-0.25, -0.2) is 18.6 Å². The molecule has 0 aliphatic carbocycles. The number of carbonyl (C=O) groups excluding carboxylic acids is 1. The highest BCUT2D eigenvalue weighted by Gasteiger charge is 2.23. The van der Waals surface area contributed by atoms with Crippen molar-refractivity contribution in [2.75, 3.05) is 0 Å². The lowest BCUT2D eigenvalue weighted by atomic mass is 10.1. The number of nitrogens with one attached hydrogen (secondary N) is 2. The van der Waals surface area contributed by atoms with Gasteiger partial charge in [0, 0.05) is 18.1 Å². The molecule has 29 heavy (non-hydrogen) atoms. The van der Waals surface area contributed by atoms with Gasteiger partial charge in [-0.1, -0.05) is 30.3 Å². The molecule has 0 aliphatic rings. The molecule has 0 radical (unpaired) electrons. The van der Waals surface area contributed by atoms with Crippen molar-refractivity contribution in [2.24, 2.45) is 0 Å². The molecule has 0 fully saturated rings. The van der Waals surface area contributed by atoms with Crippen molar-refractivity contribution < 1.29 is 23.5 Å². The molecule has 4 rings (SSSR count). The third-order valence-corrected chi connectivity index (χ3v) is 4.57. The molecule has 4 aromatic rings. The van der Waals surface area contributed by atoms with E-state index >= 15 is 0 Å². The lowest BCUT2D eigenvalue weighted by molar-refractivity contribution is -0.139. The Balaban J connectivity index is 1.56. The number of aromatic nitrogens is 2. The number of aliphatic carboxylic acids is 1. The molecule has 0 bridgehead atoms. The van der Waals surface area contributed by atoms with Crippen LogP contribution in [0.3, 0.4) is 0 Å². The van der Waals surface area contributed by atoms with Gasteiger partial charge in [-0.3, -0.25) is 4.79 Å². The van der Waals surface area contributed by atoms with Crippen molar-refractivity contribution in [1.29, 1.82) is 0 Å². The summed E-state index contributed by atoms with van der Waals surface area (Å²) >= 11 is 0. The van der Waals surface area contributed by atoms with Gasteiger partial charge in [0.1, 0.15) is 23.2 Å². The molecule has 3 aromatic carbocycles. The van der Waals surface area contributed by atoms with Gasteiger partial charge in [0.15, 0.2) is 5.82 Å². The Kier molecular flexibility index (Phi) is 4.67. The van der Waals surface area contributed by atoms with E-state index in [1.165, 1.54) is 0 Å². The van der Waals surface area contributed by atoms with Crippen molar-refractivity contribution in [3.8, 4) is 0 Å². The predicted molar refractivity (Wildman–Crippen MR) is 103 cm³/mol. The summed E-state index contributed by atoms with van der Waals surface area (Å²) < 4.78 is 27.1. The fraction of sp³-hybridized carbons (Fsp3) is 0.0952. The maximum atomic E-state index is 13.8. The third-order valence-electron chi connectivity index (χ3n) is 4.57. The van der Waals surface area contributed by atoms with E-state index in [4.69, 9.17) is 0 Å². The molecule has 0 spiro atoms. The van der Waals surface area contributed by atoms with Crippen LogP contribution in [0.15, 0.2) is 54.6 Å². The van der Waals surface area contributed by atoms with Crippen LogP contribution in [0.1, 0.15) is 16.2 Å². The molecule has 0 saturated heterocycles. The third kappa shape index (κ3) is 3.77. The zero-order valence-electron chi connectivity index (χ0n) is 14.9. The highest BCUT2D eigenvalue weighted by molar-refractivity contribution is 6.00. The van der Waals surface area contributed by atoms with Gasteiger partial charge in [0.25, 0.3) is 5.91 Å². The summed E-state index contributed by atoms with van der Waals surface area (Å²) in [5.41, 5.74) is 0.335. The van der Waals surface area contributed by atoms with Gasteiger partial charge < -0.3 is 15.4 Å². The van der Waals surface area contributed by atoms with Crippen molar-refractivity contribution in [1.82, 2.24) is 15.3 Å². The monoisotopic (exact) mass is 395 g/mol. The van der Waals surface area contributed by atoms with Gasteiger partial charge >= 0.3 is 5.97 Å². The minimum Gasteiger partial charge on any atom is -0.480 e. The topological polar surface area (TPSA) is 95.1 Å². The van der Waals surface area contributed by atoms with E-state index < -0.39 is 29.6 Å². The average molecular weight is 395 g/mol. The fourth-order valence-electron chi connectivity index (χ4n) is 3.16. The molecule has 1 aromatic heterocycles. The van der Waals surface area contributed by atoms with E-state index in [-0.39, 0.29) is 23.3 Å². The number of amides is 1. The smallest absolute Gasteiger partial charge is 0.326 e. The quantitative estimate of drug-likeness (QED) is 0.483. The number of fused-ring (bicyclic) bond motifs is 2. The van der Waals surface area contributed by atoms with Crippen LogP contribution in [0, 0.1) is 11.6 Å². The number of benzene rings is 3. The Bertz CT molecular complexity index is 1250. The van der Waals surface area contributed by atoms with Gasteiger partial charge in [-0.05, 0) is 29.0 Å². The number of nitrogens with zero attached hydrogens (tertiary/aromatic N) is 1. The van der Waals surface area contributed by atoms with E-state index in [0.717, 1.165) is 16.8 Å². The summed E-state index contributed by atoms with van der Waals surface area (Å²) in [6, 6.07) is 13.0. The standard InChI is InChI=1S/C21H15F2N3O3/c22-14-8-15(23)19-16(9-14)24-18(26-19)10-17(21(28)29)25-20(27)13-6-5-11-3-1-2-4-12(11)7-13/h1-9,17H,10H2,(H,24,26)(H,25,27)(H,28,29)/t17-/m1/s1. The second kappa shape index (κ2) is 7.31. The van der Waals surface area contributed by atoms with Crippen LogP contribution >= 0.6 is 0 Å². The molecule has 3 N–H and O–H groups in total. The molecule has 0 saturated carbocycles. The lowest BCUT2D eigenvalue weighted by Crippen LogP contribution is -2.42. The first-order chi connectivity index (χ1) is 13.9. The van der Waals surface area contributed by atoms with Crippen LogP contribution in [0.5, 0.6) is 0 Å². The van der Waals surface area contributed by atoms with E-state index in [9.17, 15) is 23.5 Å². The number of carboxylic acid groups (broad SMARTS) is 1. The SMILES string of the molecule is O=C(N[C@H](Cc1nc2c(F)cc(F)cc2[nH]1)C(=O)O)c1ccc2ccccc2c1. The normalized spacial score (nSPS) is 12.2. The number of hydrogen-bond donors (Lipinski definition) is 3. The van der Waals surface area contributed by atoms with Crippen LogP contribution in [-0.4, -0.2) is 33.0 Å². The number of carbonyl (C=O) groups is 2. The minimum atomic E-state index is -1.30. The summed E-state index contributed by atoms with van der Waals surface area (Å²) in [6.07, 6.45) is -0.218. The zero-order chi connectivity index (χ0) is 20.5. The number of H-pyrrole nitrogens is 1. The van der Waals surface area contributed by atoms with E-state index in [0.29, 0.717) is 11.6 Å². The lowest BCUT2D eigenvalue weighted by Gasteiger charge is -2.13. The van der Waals surface area contributed by atoms with Gasteiger partial charge in [0.05, 0.1) is 5.52 Å². The summed E-state index contributed by atoms with van der Waals surface area (Å²) in [6.45, 7) is 0. The van der Waals surface area contributed by atoms with Crippen LogP contribution < -0.4 is 5.32 Å². The molecule has 1 amide bonds. The summed E-state index contributed by atoms with van der Waals surface area (Å²) in [5.74, 6) is -3.34. The number of halogens is 2. The Morgan fingerprint density at radius 3 is 2.59 bits per heavy atom. The maximum absolute atomic E-state index is 13.8. The van der Waals surface area contributed by atoms with E-state index in [1.54, 1.807) is 18.2 Å². The number of imidazole rings is 1. The van der Waals surface area contributed by atoms with Gasteiger partial charge in [0.2, 0.25) is 0 Å². The Labute approximate surface area is 163 Å². The van der Waals surface area contributed by atoms with Crippen LogP contribution in [0.4, 0.5) is 8.78 Å². The van der Waals surface area contributed by atoms with Crippen molar-refractivity contribution in [3.63, 3.8) is 0 Å². The highest BCUT2D eigenvalue weighted by atomic mass is 19.1. The van der Waals surface area contributed by atoms with Crippen LogP contribution in [-0.2, 0) is 11.2 Å². The molecule has 146 valence electrons. The van der Waals surface area contributed by atoms with Crippen molar-refractivity contribution in [3.05, 3.63) is 77.6 Å². The Morgan fingerprint density at radius 1 is 1.07 bits per heavy atom. The highest BCUT2D eigenvalue weighted by Crippen LogP contribution is 2.19. The average Bonchev–Trinajstić information content (AvgIpc) is 3.09. The van der Waals surface area contributed by atoms with Crippen molar-refractivity contribution >= 4 is 33.7 Å². The first kappa shape index (κ1) is 18.5. The summed E-state index contributed by atoms with van der Waals surface area (Å²) in [4.78, 5) is 30.9. The Hall–Kier alpha value is -3.81. The summed E-state index contributed by atoms with van der Waals surface area (Å²) in [5, 5.41) is 13.7. The number of aromatic amines is 1. The maximum Gasteiger partial charge on any atom is 0.326 e. The van der Waals surface area contributed by atoms with E-state index in [2.05, 4.69) is 15.3 Å². The van der Waals surface area contributed by atoms with Gasteiger partial charge in [-0.2, -0.15) is 0 Å². The molecule has 0 unspecified atom stereocenters. The molecule has 1 atom stereocenters.